The number of likely N-dealkylation sites (tertiary alicyclic amines) is 1. The second kappa shape index (κ2) is 4.91. The highest BCUT2D eigenvalue weighted by Gasteiger charge is 2.41. The quantitative estimate of drug-likeness (QED) is 0.860. The number of phenolic OH excluding ortho intramolecular Hbond substituents is 1. The Balaban J connectivity index is 2.03. The number of aromatic hydroxyl groups is 1. The second-order valence-corrected chi connectivity index (χ2v) is 5.24. The molecule has 0 radical (unpaired) electrons. The first kappa shape index (κ1) is 13.4. The molecule has 5 heteroatoms. The molecule has 1 heterocycles. The first-order chi connectivity index (χ1) is 8.92. The van der Waals surface area contributed by atoms with E-state index in [4.69, 9.17) is 5.11 Å². The van der Waals surface area contributed by atoms with Crippen molar-refractivity contribution in [2.24, 2.45) is 5.41 Å². The van der Waals surface area contributed by atoms with Gasteiger partial charge in [-0.2, -0.15) is 0 Å². The van der Waals surface area contributed by atoms with Crippen molar-refractivity contribution in [2.75, 3.05) is 13.1 Å². The Bertz CT molecular complexity index is 514. The van der Waals surface area contributed by atoms with E-state index in [0.717, 1.165) is 0 Å². The Labute approximate surface area is 111 Å². The smallest absolute Gasteiger partial charge is 0.311 e. The van der Waals surface area contributed by atoms with Gasteiger partial charge in [-0.25, -0.2) is 0 Å². The first-order valence-electron chi connectivity index (χ1n) is 6.20. The molecule has 0 aliphatic carbocycles. The number of carbonyl (C=O) groups is 2. The third-order valence-electron chi connectivity index (χ3n) is 3.68. The van der Waals surface area contributed by atoms with E-state index in [2.05, 4.69) is 0 Å². The van der Waals surface area contributed by atoms with Gasteiger partial charge in [-0.3, -0.25) is 9.59 Å². The summed E-state index contributed by atoms with van der Waals surface area (Å²) in [6.07, 6.45) is 0.567. The average Bonchev–Trinajstić information content (AvgIpc) is 2.76. The molecule has 1 atom stereocenters. The van der Waals surface area contributed by atoms with Gasteiger partial charge in [-0.1, -0.05) is 18.2 Å². The number of aliphatic carboxylic acids is 1. The minimum atomic E-state index is -0.870. The predicted molar refractivity (Wildman–Crippen MR) is 68.8 cm³/mol. The van der Waals surface area contributed by atoms with Crippen LogP contribution >= 0.6 is 0 Å². The van der Waals surface area contributed by atoms with Crippen molar-refractivity contribution in [1.29, 1.82) is 0 Å². The number of carbonyl (C=O) groups excluding carboxylic acids is 1. The molecule has 0 saturated carbocycles. The minimum Gasteiger partial charge on any atom is -0.508 e. The van der Waals surface area contributed by atoms with E-state index in [-0.39, 0.29) is 24.6 Å². The molecular weight excluding hydrogens is 246 g/mol. The molecule has 102 valence electrons. The Morgan fingerprint density at radius 1 is 1.37 bits per heavy atom. The fourth-order valence-electron chi connectivity index (χ4n) is 2.28. The molecule has 0 spiro atoms. The SMILES string of the molecule is CC1(C(=O)O)CCN(C(=O)Cc2ccccc2O)C1. The van der Waals surface area contributed by atoms with Crippen LogP contribution in [-0.2, 0) is 16.0 Å². The second-order valence-electron chi connectivity index (χ2n) is 5.24. The summed E-state index contributed by atoms with van der Waals surface area (Å²) in [4.78, 5) is 24.8. The lowest BCUT2D eigenvalue weighted by atomic mass is 9.90. The fourth-order valence-corrected chi connectivity index (χ4v) is 2.28. The van der Waals surface area contributed by atoms with E-state index in [0.29, 0.717) is 18.5 Å². The normalized spacial score (nSPS) is 22.5. The van der Waals surface area contributed by atoms with Crippen molar-refractivity contribution in [3.05, 3.63) is 29.8 Å². The highest BCUT2D eigenvalue weighted by molar-refractivity contribution is 5.82. The Hall–Kier alpha value is -2.04. The Morgan fingerprint density at radius 3 is 2.63 bits per heavy atom. The van der Waals surface area contributed by atoms with Crippen LogP contribution in [0.15, 0.2) is 24.3 Å². The topological polar surface area (TPSA) is 77.8 Å². The molecule has 1 aromatic rings. The van der Waals surface area contributed by atoms with Crippen molar-refractivity contribution in [3.63, 3.8) is 0 Å². The zero-order valence-corrected chi connectivity index (χ0v) is 10.8. The monoisotopic (exact) mass is 263 g/mol. The van der Waals surface area contributed by atoms with Gasteiger partial charge in [-0.05, 0) is 19.4 Å². The maximum absolute atomic E-state index is 12.1. The van der Waals surface area contributed by atoms with Gasteiger partial charge in [0.15, 0.2) is 0 Å². The lowest BCUT2D eigenvalue weighted by Gasteiger charge is -2.20. The predicted octanol–water partition coefficient (Wildman–Crippen LogP) is 1.26. The number of hydrogen-bond acceptors (Lipinski definition) is 3. The summed E-state index contributed by atoms with van der Waals surface area (Å²) < 4.78 is 0. The van der Waals surface area contributed by atoms with Gasteiger partial charge < -0.3 is 15.1 Å². The number of hydrogen-bond donors (Lipinski definition) is 2. The largest absolute Gasteiger partial charge is 0.508 e. The summed E-state index contributed by atoms with van der Waals surface area (Å²) in [6, 6.07) is 6.68. The van der Waals surface area contributed by atoms with Gasteiger partial charge in [0.05, 0.1) is 11.8 Å². The molecular formula is C14H17NO4. The highest BCUT2D eigenvalue weighted by atomic mass is 16.4. The zero-order chi connectivity index (χ0) is 14.0. The molecule has 1 saturated heterocycles. The Kier molecular flexibility index (Phi) is 3.46. The number of para-hydroxylation sites is 1. The van der Waals surface area contributed by atoms with E-state index < -0.39 is 11.4 Å². The minimum absolute atomic E-state index is 0.0936. The van der Waals surface area contributed by atoms with Crippen LogP contribution in [0.3, 0.4) is 0 Å². The van der Waals surface area contributed by atoms with Crippen LogP contribution in [0.2, 0.25) is 0 Å². The summed E-state index contributed by atoms with van der Waals surface area (Å²) in [5, 5.41) is 18.8. The summed E-state index contributed by atoms with van der Waals surface area (Å²) >= 11 is 0. The molecule has 0 bridgehead atoms. The lowest BCUT2D eigenvalue weighted by Crippen LogP contribution is -2.35. The number of carboxylic acid groups (broad SMARTS) is 1. The molecule has 1 aliphatic rings. The van der Waals surface area contributed by atoms with Gasteiger partial charge >= 0.3 is 5.97 Å². The van der Waals surface area contributed by atoms with Crippen LogP contribution in [-0.4, -0.2) is 40.1 Å². The van der Waals surface area contributed by atoms with E-state index >= 15 is 0 Å². The van der Waals surface area contributed by atoms with Gasteiger partial charge in [0, 0.05) is 18.7 Å². The van der Waals surface area contributed by atoms with Crippen LogP contribution < -0.4 is 0 Å². The van der Waals surface area contributed by atoms with Crippen molar-refractivity contribution < 1.29 is 19.8 Å². The van der Waals surface area contributed by atoms with Gasteiger partial charge in [0.2, 0.25) is 5.91 Å². The number of carboxylic acids is 1. The van der Waals surface area contributed by atoms with Gasteiger partial charge in [-0.15, -0.1) is 0 Å². The maximum atomic E-state index is 12.1. The molecule has 0 aromatic heterocycles. The van der Waals surface area contributed by atoms with Crippen LogP contribution in [0.4, 0.5) is 0 Å². The average molecular weight is 263 g/mol. The molecule has 2 rings (SSSR count). The van der Waals surface area contributed by atoms with Crippen molar-refractivity contribution in [1.82, 2.24) is 4.90 Å². The lowest BCUT2D eigenvalue weighted by molar-refractivity contribution is -0.147. The summed E-state index contributed by atoms with van der Waals surface area (Å²) in [6.45, 7) is 2.34. The zero-order valence-electron chi connectivity index (χ0n) is 10.8. The third kappa shape index (κ3) is 2.70. The highest BCUT2D eigenvalue weighted by Crippen LogP contribution is 2.30. The molecule has 1 aliphatic heterocycles. The van der Waals surface area contributed by atoms with E-state index in [9.17, 15) is 14.7 Å². The van der Waals surface area contributed by atoms with Gasteiger partial charge in [0.1, 0.15) is 5.75 Å². The van der Waals surface area contributed by atoms with Gasteiger partial charge in [0.25, 0.3) is 0 Å². The van der Waals surface area contributed by atoms with Crippen LogP contribution in [0.25, 0.3) is 0 Å². The van der Waals surface area contributed by atoms with Crippen molar-refractivity contribution in [2.45, 2.75) is 19.8 Å². The number of benzene rings is 1. The molecule has 2 N–H and O–H groups in total. The van der Waals surface area contributed by atoms with E-state index in [1.54, 1.807) is 30.0 Å². The van der Waals surface area contributed by atoms with Crippen molar-refractivity contribution >= 4 is 11.9 Å². The molecule has 1 unspecified atom stereocenters. The summed E-state index contributed by atoms with van der Waals surface area (Å²) in [5.41, 5.74) is -0.287. The molecule has 1 fully saturated rings. The standard InChI is InChI=1S/C14H17NO4/c1-14(13(18)19)6-7-15(9-14)12(17)8-10-4-2-3-5-11(10)16/h2-5,16H,6-9H2,1H3,(H,18,19). The maximum Gasteiger partial charge on any atom is 0.311 e. The summed E-state index contributed by atoms with van der Waals surface area (Å²) in [5.74, 6) is -0.923. The number of amides is 1. The number of rotatable bonds is 3. The van der Waals surface area contributed by atoms with E-state index in [1.165, 1.54) is 6.07 Å². The molecule has 1 aromatic carbocycles. The Morgan fingerprint density at radius 2 is 2.05 bits per heavy atom. The van der Waals surface area contributed by atoms with Crippen LogP contribution in [0.1, 0.15) is 18.9 Å². The third-order valence-corrected chi connectivity index (χ3v) is 3.68. The van der Waals surface area contributed by atoms with Crippen molar-refractivity contribution in [3.8, 4) is 5.75 Å². The van der Waals surface area contributed by atoms with E-state index in [1.807, 2.05) is 0 Å². The molecule has 1 amide bonds. The first-order valence-corrected chi connectivity index (χ1v) is 6.20. The molecule has 19 heavy (non-hydrogen) atoms. The van der Waals surface area contributed by atoms with Crippen LogP contribution in [0, 0.1) is 5.41 Å². The summed E-state index contributed by atoms with van der Waals surface area (Å²) in [7, 11) is 0. The number of phenols is 1. The van der Waals surface area contributed by atoms with Crippen LogP contribution in [0.5, 0.6) is 5.75 Å². The molecule has 5 nitrogen and oxygen atoms in total. The fraction of sp³-hybridized carbons (Fsp3) is 0.429. The number of nitrogens with zero attached hydrogens (tertiary/aromatic N) is 1.